The van der Waals surface area contributed by atoms with Crippen LogP contribution in [-0.2, 0) is 4.79 Å². The fourth-order valence-electron chi connectivity index (χ4n) is 3.62. The Morgan fingerprint density at radius 3 is 2.25 bits per heavy atom. The SMILES string of the molecule is O=C(C1CC1c1ccc(O)cc1)N1CCN(c2ccccc2)CC1. The molecule has 4 nitrogen and oxygen atoms in total. The summed E-state index contributed by atoms with van der Waals surface area (Å²) in [6.07, 6.45) is 0.933. The quantitative estimate of drug-likeness (QED) is 0.945. The smallest absolute Gasteiger partial charge is 0.226 e. The predicted molar refractivity (Wildman–Crippen MR) is 94.2 cm³/mol. The van der Waals surface area contributed by atoms with Crippen LogP contribution in [0.3, 0.4) is 0 Å². The molecule has 24 heavy (non-hydrogen) atoms. The van der Waals surface area contributed by atoms with Gasteiger partial charge in [-0.3, -0.25) is 4.79 Å². The summed E-state index contributed by atoms with van der Waals surface area (Å²) in [7, 11) is 0. The number of aromatic hydroxyl groups is 1. The highest BCUT2D eigenvalue weighted by Crippen LogP contribution is 2.48. The molecular formula is C20H22N2O2. The molecule has 1 N–H and O–H groups in total. The lowest BCUT2D eigenvalue weighted by Gasteiger charge is -2.36. The summed E-state index contributed by atoms with van der Waals surface area (Å²) in [6, 6.07) is 17.7. The van der Waals surface area contributed by atoms with Gasteiger partial charge in [-0.25, -0.2) is 0 Å². The Morgan fingerprint density at radius 2 is 1.58 bits per heavy atom. The number of nitrogens with zero attached hydrogens (tertiary/aromatic N) is 2. The van der Waals surface area contributed by atoms with E-state index in [1.807, 2.05) is 23.1 Å². The van der Waals surface area contributed by atoms with Gasteiger partial charge in [0.25, 0.3) is 0 Å². The zero-order valence-corrected chi connectivity index (χ0v) is 13.6. The summed E-state index contributed by atoms with van der Waals surface area (Å²) >= 11 is 0. The van der Waals surface area contributed by atoms with Gasteiger partial charge in [0, 0.05) is 37.8 Å². The van der Waals surface area contributed by atoms with E-state index in [1.54, 1.807) is 12.1 Å². The van der Waals surface area contributed by atoms with E-state index in [4.69, 9.17) is 0 Å². The number of carbonyl (C=O) groups excluding carboxylic acids is 1. The van der Waals surface area contributed by atoms with Crippen LogP contribution in [-0.4, -0.2) is 42.1 Å². The molecule has 4 rings (SSSR count). The van der Waals surface area contributed by atoms with Gasteiger partial charge in [0.2, 0.25) is 5.91 Å². The minimum atomic E-state index is 0.123. The van der Waals surface area contributed by atoms with Crippen LogP contribution in [0.25, 0.3) is 0 Å². The molecule has 2 aliphatic rings. The van der Waals surface area contributed by atoms with Gasteiger partial charge in [0.05, 0.1) is 0 Å². The van der Waals surface area contributed by atoms with E-state index in [0.717, 1.165) is 38.2 Å². The lowest BCUT2D eigenvalue weighted by molar-refractivity contribution is -0.132. The number of hydrogen-bond donors (Lipinski definition) is 1. The highest BCUT2D eigenvalue weighted by atomic mass is 16.3. The van der Waals surface area contributed by atoms with Crippen LogP contribution >= 0.6 is 0 Å². The normalized spacial score (nSPS) is 23.2. The number of hydrogen-bond acceptors (Lipinski definition) is 3. The second-order valence-electron chi connectivity index (χ2n) is 6.69. The minimum absolute atomic E-state index is 0.123. The Kier molecular flexibility index (Phi) is 3.89. The van der Waals surface area contributed by atoms with Gasteiger partial charge in [-0.2, -0.15) is 0 Å². The van der Waals surface area contributed by atoms with E-state index in [1.165, 1.54) is 5.69 Å². The molecule has 1 aliphatic carbocycles. The van der Waals surface area contributed by atoms with Crippen molar-refractivity contribution in [2.45, 2.75) is 12.3 Å². The molecular weight excluding hydrogens is 300 g/mol. The van der Waals surface area contributed by atoms with Crippen LogP contribution in [0.15, 0.2) is 54.6 Å². The maximum Gasteiger partial charge on any atom is 0.226 e. The van der Waals surface area contributed by atoms with E-state index in [9.17, 15) is 9.90 Å². The fraction of sp³-hybridized carbons (Fsp3) is 0.350. The largest absolute Gasteiger partial charge is 0.508 e. The molecule has 1 saturated carbocycles. The summed E-state index contributed by atoms with van der Waals surface area (Å²) in [5.74, 6) is 1.02. The van der Waals surface area contributed by atoms with E-state index in [0.29, 0.717) is 11.8 Å². The van der Waals surface area contributed by atoms with Gasteiger partial charge < -0.3 is 14.9 Å². The van der Waals surface area contributed by atoms with E-state index >= 15 is 0 Å². The van der Waals surface area contributed by atoms with E-state index in [-0.39, 0.29) is 11.7 Å². The number of amides is 1. The Balaban J connectivity index is 1.33. The molecule has 4 heteroatoms. The number of benzene rings is 2. The Hall–Kier alpha value is -2.49. The first-order valence-electron chi connectivity index (χ1n) is 8.60. The molecule has 2 fully saturated rings. The molecule has 124 valence electrons. The molecule has 0 aromatic heterocycles. The Labute approximate surface area is 142 Å². The second-order valence-corrected chi connectivity index (χ2v) is 6.69. The number of piperazine rings is 1. The molecule has 1 saturated heterocycles. The topological polar surface area (TPSA) is 43.8 Å². The van der Waals surface area contributed by atoms with Gasteiger partial charge in [-0.05, 0) is 42.2 Å². The fourth-order valence-corrected chi connectivity index (χ4v) is 3.62. The van der Waals surface area contributed by atoms with E-state index in [2.05, 4.69) is 29.2 Å². The van der Waals surface area contributed by atoms with Crippen molar-refractivity contribution in [2.24, 2.45) is 5.92 Å². The van der Waals surface area contributed by atoms with Crippen molar-refractivity contribution in [3.63, 3.8) is 0 Å². The molecule has 0 bridgehead atoms. The van der Waals surface area contributed by atoms with Crippen LogP contribution in [0.1, 0.15) is 17.9 Å². The molecule has 0 spiro atoms. The summed E-state index contributed by atoms with van der Waals surface area (Å²) in [6.45, 7) is 3.39. The van der Waals surface area contributed by atoms with Crippen LogP contribution in [0, 0.1) is 5.92 Å². The molecule has 1 heterocycles. The number of carbonyl (C=O) groups is 1. The predicted octanol–water partition coefficient (Wildman–Crippen LogP) is 2.84. The van der Waals surface area contributed by atoms with Crippen molar-refractivity contribution in [1.82, 2.24) is 4.90 Å². The lowest BCUT2D eigenvalue weighted by atomic mass is 10.1. The number of para-hydroxylation sites is 1. The monoisotopic (exact) mass is 322 g/mol. The van der Waals surface area contributed by atoms with Crippen LogP contribution < -0.4 is 4.90 Å². The number of phenols is 1. The standard InChI is InChI=1S/C20H22N2O2/c23-17-8-6-15(7-9-17)18-14-19(18)20(24)22-12-10-21(11-13-22)16-4-2-1-3-5-16/h1-9,18-19,23H,10-14H2. The van der Waals surface area contributed by atoms with Crippen LogP contribution in [0.2, 0.25) is 0 Å². The first kappa shape index (κ1) is 15.1. The zero-order chi connectivity index (χ0) is 16.5. The molecule has 2 unspecified atom stereocenters. The van der Waals surface area contributed by atoms with Crippen molar-refractivity contribution >= 4 is 11.6 Å². The Morgan fingerprint density at radius 1 is 0.917 bits per heavy atom. The zero-order valence-electron chi connectivity index (χ0n) is 13.6. The van der Waals surface area contributed by atoms with Crippen molar-refractivity contribution < 1.29 is 9.90 Å². The van der Waals surface area contributed by atoms with Gasteiger partial charge >= 0.3 is 0 Å². The molecule has 1 amide bonds. The average Bonchev–Trinajstić information content (AvgIpc) is 3.43. The number of anilines is 1. The lowest BCUT2D eigenvalue weighted by Crippen LogP contribution is -2.49. The van der Waals surface area contributed by atoms with Gasteiger partial charge in [0.15, 0.2) is 0 Å². The third kappa shape index (κ3) is 2.96. The number of rotatable bonds is 3. The van der Waals surface area contributed by atoms with Crippen molar-refractivity contribution in [3.8, 4) is 5.75 Å². The highest BCUT2D eigenvalue weighted by molar-refractivity contribution is 5.83. The minimum Gasteiger partial charge on any atom is -0.508 e. The summed E-state index contributed by atoms with van der Waals surface area (Å²) in [5, 5.41) is 9.38. The van der Waals surface area contributed by atoms with Crippen molar-refractivity contribution in [3.05, 3.63) is 60.2 Å². The van der Waals surface area contributed by atoms with Crippen molar-refractivity contribution in [2.75, 3.05) is 31.1 Å². The summed E-state index contributed by atoms with van der Waals surface area (Å²) < 4.78 is 0. The maximum atomic E-state index is 12.7. The molecule has 0 radical (unpaired) electrons. The second kappa shape index (κ2) is 6.19. The highest BCUT2D eigenvalue weighted by Gasteiger charge is 2.46. The molecule has 2 aromatic rings. The van der Waals surface area contributed by atoms with Gasteiger partial charge in [0.1, 0.15) is 5.75 Å². The number of phenolic OH excluding ortho intramolecular Hbond substituents is 1. The third-order valence-corrected chi connectivity index (χ3v) is 5.14. The van der Waals surface area contributed by atoms with Crippen LogP contribution in [0.4, 0.5) is 5.69 Å². The Bertz CT molecular complexity index is 706. The van der Waals surface area contributed by atoms with Crippen LogP contribution in [0.5, 0.6) is 5.75 Å². The summed E-state index contributed by atoms with van der Waals surface area (Å²) in [5.41, 5.74) is 2.40. The third-order valence-electron chi connectivity index (χ3n) is 5.14. The summed E-state index contributed by atoms with van der Waals surface area (Å²) in [4.78, 5) is 17.1. The first-order valence-corrected chi connectivity index (χ1v) is 8.60. The van der Waals surface area contributed by atoms with Gasteiger partial charge in [-0.1, -0.05) is 30.3 Å². The average molecular weight is 322 g/mol. The maximum absolute atomic E-state index is 12.7. The molecule has 2 atom stereocenters. The first-order chi connectivity index (χ1) is 11.7. The molecule has 2 aromatic carbocycles. The van der Waals surface area contributed by atoms with Gasteiger partial charge in [-0.15, -0.1) is 0 Å². The van der Waals surface area contributed by atoms with E-state index < -0.39 is 0 Å². The van der Waals surface area contributed by atoms with Crippen molar-refractivity contribution in [1.29, 1.82) is 0 Å². The molecule has 1 aliphatic heterocycles.